The van der Waals surface area contributed by atoms with Crippen LogP contribution in [0.25, 0.3) is 0 Å². The number of methoxy groups -OCH3 is 2. The van der Waals surface area contributed by atoms with E-state index in [2.05, 4.69) is 10.6 Å². The Kier molecular flexibility index (Phi) is 6.30. The Morgan fingerprint density at radius 2 is 1.95 bits per heavy atom. The number of hydrogen-bond acceptors (Lipinski definition) is 4. The highest BCUT2D eigenvalue weighted by Gasteiger charge is 2.22. The van der Waals surface area contributed by atoms with Gasteiger partial charge in [0.1, 0.15) is 0 Å². The molecule has 1 rings (SSSR count). The van der Waals surface area contributed by atoms with E-state index in [9.17, 15) is 9.90 Å². The van der Waals surface area contributed by atoms with Crippen LogP contribution in [0.1, 0.15) is 25.8 Å². The monoisotopic (exact) mass is 296 g/mol. The average Bonchev–Trinajstić information content (AvgIpc) is 2.52. The summed E-state index contributed by atoms with van der Waals surface area (Å²) < 4.78 is 10.4. The van der Waals surface area contributed by atoms with Crippen molar-refractivity contribution in [2.24, 2.45) is 0 Å². The van der Waals surface area contributed by atoms with Gasteiger partial charge in [-0.05, 0) is 31.0 Å². The van der Waals surface area contributed by atoms with Crippen LogP contribution in [0, 0.1) is 0 Å². The predicted octanol–water partition coefficient (Wildman–Crippen LogP) is 1.66. The number of hydrogen-bond donors (Lipinski definition) is 3. The quantitative estimate of drug-likeness (QED) is 0.715. The minimum Gasteiger partial charge on any atom is -0.493 e. The van der Waals surface area contributed by atoms with Crippen molar-refractivity contribution in [2.75, 3.05) is 20.8 Å². The zero-order chi connectivity index (χ0) is 15.9. The molecule has 6 heteroatoms. The van der Waals surface area contributed by atoms with E-state index in [0.717, 1.165) is 5.56 Å². The van der Waals surface area contributed by atoms with Crippen LogP contribution in [-0.2, 0) is 6.54 Å². The van der Waals surface area contributed by atoms with Crippen molar-refractivity contribution in [3.05, 3.63) is 23.8 Å². The molecule has 0 fully saturated rings. The number of aliphatic hydroxyl groups excluding tert-OH is 1. The molecule has 1 aromatic carbocycles. The van der Waals surface area contributed by atoms with E-state index >= 15 is 0 Å². The third-order valence-corrected chi connectivity index (χ3v) is 3.45. The Labute approximate surface area is 125 Å². The Hall–Kier alpha value is -1.95. The largest absolute Gasteiger partial charge is 0.493 e. The molecule has 0 bridgehead atoms. The fourth-order valence-electron chi connectivity index (χ4n) is 1.73. The van der Waals surface area contributed by atoms with Gasteiger partial charge in [-0.1, -0.05) is 13.0 Å². The first kappa shape index (κ1) is 17.1. The molecule has 0 spiro atoms. The summed E-state index contributed by atoms with van der Waals surface area (Å²) >= 11 is 0. The van der Waals surface area contributed by atoms with Crippen LogP contribution in [0.3, 0.4) is 0 Å². The summed E-state index contributed by atoms with van der Waals surface area (Å²) in [5.41, 5.74) is 0.284. The first-order valence-electron chi connectivity index (χ1n) is 6.85. The van der Waals surface area contributed by atoms with Gasteiger partial charge in [0.25, 0.3) is 0 Å². The zero-order valence-electron chi connectivity index (χ0n) is 13.0. The molecule has 0 saturated heterocycles. The lowest BCUT2D eigenvalue weighted by Gasteiger charge is -2.27. The van der Waals surface area contributed by atoms with E-state index in [1.807, 2.05) is 19.1 Å². The number of benzene rings is 1. The molecule has 1 atom stereocenters. The number of ether oxygens (including phenoxy) is 2. The second-order valence-corrected chi connectivity index (χ2v) is 5.07. The molecule has 2 amide bonds. The molecule has 6 nitrogen and oxygen atoms in total. The van der Waals surface area contributed by atoms with Crippen LogP contribution in [0.5, 0.6) is 11.5 Å². The highest BCUT2D eigenvalue weighted by molar-refractivity contribution is 5.74. The fourth-order valence-corrected chi connectivity index (χ4v) is 1.73. The molecular formula is C15H24N2O4. The highest BCUT2D eigenvalue weighted by atomic mass is 16.5. The number of carbonyl (C=O) groups excluding carboxylic acids is 1. The number of nitrogens with one attached hydrogen (secondary N) is 2. The molecule has 0 aliphatic rings. The molecule has 0 radical (unpaired) electrons. The summed E-state index contributed by atoms with van der Waals surface area (Å²) in [6.45, 7) is 3.96. The van der Waals surface area contributed by atoms with Gasteiger partial charge < -0.3 is 25.2 Å². The molecule has 3 N–H and O–H groups in total. The van der Waals surface area contributed by atoms with Crippen LogP contribution in [0.4, 0.5) is 4.79 Å². The Bertz CT molecular complexity index is 473. The molecule has 118 valence electrons. The summed E-state index contributed by atoms with van der Waals surface area (Å²) in [6.07, 6.45) is 0.646. The van der Waals surface area contributed by atoms with Gasteiger partial charge in [-0.3, -0.25) is 0 Å². The summed E-state index contributed by atoms with van der Waals surface area (Å²) in [4.78, 5) is 11.8. The van der Waals surface area contributed by atoms with Gasteiger partial charge in [-0.15, -0.1) is 0 Å². The van der Waals surface area contributed by atoms with Gasteiger partial charge in [0.15, 0.2) is 11.5 Å². The summed E-state index contributed by atoms with van der Waals surface area (Å²) in [7, 11) is 3.14. The predicted molar refractivity (Wildman–Crippen MR) is 80.7 cm³/mol. The van der Waals surface area contributed by atoms with Gasteiger partial charge in [0.2, 0.25) is 0 Å². The van der Waals surface area contributed by atoms with Gasteiger partial charge in [-0.25, -0.2) is 4.79 Å². The molecular weight excluding hydrogens is 272 g/mol. The Morgan fingerprint density at radius 3 is 2.48 bits per heavy atom. The molecule has 1 aromatic rings. The Morgan fingerprint density at radius 1 is 1.29 bits per heavy atom. The van der Waals surface area contributed by atoms with E-state index < -0.39 is 5.54 Å². The van der Waals surface area contributed by atoms with E-state index in [0.29, 0.717) is 24.5 Å². The van der Waals surface area contributed by atoms with Crippen molar-refractivity contribution in [3.8, 4) is 11.5 Å². The van der Waals surface area contributed by atoms with Crippen LogP contribution < -0.4 is 20.1 Å². The lowest BCUT2D eigenvalue weighted by Crippen LogP contribution is -2.52. The van der Waals surface area contributed by atoms with Crippen molar-refractivity contribution in [1.29, 1.82) is 0 Å². The van der Waals surface area contributed by atoms with Crippen molar-refractivity contribution in [2.45, 2.75) is 32.4 Å². The van der Waals surface area contributed by atoms with Gasteiger partial charge in [-0.2, -0.15) is 0 Å². The van der Waals surface area contributed by atoms with Gasteiger partial charge in [0.05, 0.1) is 26.4 Å². The summed E-state index contributed by atoms with van der Waals surface area (Å²) in [6, 6.07) is 5.14. The topological polar surface area (TPSA) is 79.8 Å². The average molecular weight is 296 g/mol. The maximum Gasteiger partial charge on any atom is 0.315 e. The standard InChI is InChI=1S/C15H24N2O4/c1-5-15(2,10-18)17-14(19)16-9-11-6-7-12(20-3)13(8-11)21-4/h6-8,18H,5,9-10H2,1-4H3,(H2,16,17,19)/t15-/m0/s1. The Balaban J connectivity index is 2.61. The first-order chi connectivity index (χ1) is 9.97. The van der Waals surface area contributed by atoms with E-state index in [1.165, 1.54) is 0 Å². The molecule has 0 aliphatic heterocycles. The molecule has 21 heavy (non-hydrogen) atoms. The van der Waals surface area contributed by atoms with E-state index in [4.69, 9.17) is 9.47 Å². The van der Waals surface area contributed by atoms with Crippen LogP contribution in [0.2, 0.25) is 0 Å². The molecule has 0 aromatic heterocycles. The highest BCUT2D eigenvalue weighted by Crippen LogP contribution is 2.27. The van der Waals surface area contributed by atoms with E-state index in [-0.39, 0.29) is 12.6 Å². The van der Waals surface area contributed by atoms with Gasteiger partial charge in [0, 0.05) is 6.54 Å². The third kappa shape index (κ3) is 4.82. The molecule has 0 unspecified atom stereocenters. The second-order valence-electron chi connectivity index (χ2n) is 5.07. The normalized spacial score (nSPS) is 13.2. The van der Waals surface area contributed by atoms with Crippen molar-refractivity contribution in [3.63, 3.8) is 0 Å². The lowest BCUT2D eigenvalue weighted by molar-refractivity contribution is 0.167. The van der Waals surface area contributed by atoms with Crippen molar-refractivity contribution in [1.82, 2.24) is 10.6 Å². The van der Waals surface area contributed by atoms with E-state index in [1.54, 1.807) is 27.2 Å². The SMILES string of the molecule is CC[C@@](C)(CO)NC(=O)NCc1ccc(OC)c(OC)c1. The third-order valence-electron chi connectivity index (χ3n) is 3.45. The maximum absolute atomic E-state index is 11.8. The number of amides is 2. The van der Waals surface area contributed by atoms with Crippen LogP contribution in [-0.4, -0.2) is 37.5 Å². The minimum atomic E-state index is -0.609. The summed E-state index contributed by atoms with van der Waals surface area (Å²) in [5, 5.41) is 14.8. The second kappa shape index (κ2) is 7.73. The van der Waals surface area contributed by atoms with Gasteiger partial charge >= 0.3 is 6.03 Å². The molecule has 0 heterocycles. The molecule has 0 saturated carbocycles. The fraction of sp³-hybridized carbons (Fsp3) is 0.533. The first-order valence-corrected chi connectivity index (χ1v) is 6.85. The summed E-state index contributed by atoms with van der Waals surface area (Å²) in [5.74, 6) is 1.26. The van der Waals surface area contributed by atoms with Crippen molar-refractivity contribution >= 4 is 6.03 Å². The van der Waals surface area contributed by atoms with Crippen molar-refractivity contribution < 1.29 is 19.4 Å². The minimum absolute atomic E-state index is 0.104. The number of rotatable bonds is 7. The smallest absolute Gasteiger partial charge is 0.315 e. The maximum atomic E-state index is 11.8. The molecule has 0 aliphatic carbocycles. The lowest BCUT2D eigenvalue weighted by atomic mass is 10.0. The number of urea groups is 1. The number of aliphatic hydroxyl groups is 1. The number of carbonyl (C=O) groups is 1. The van der Waals surface area contributed by atoms with Crippen LogP contribution >= 0.6 is 0 Å². The zero-order valence-corrected chi connectivity index (χ0v) is 13.0. The van der Waals surface area contributed by atoms with Crippen LogP contribution in [0.15, 0.2) is 18.2 Å².